The molecule has 2 heterocycles. The van der Waals surface area contributed by atoms with Crippen LogP contribution in [0.3, 0.4) is 0 Å². The summed E-state index contributed by atoms with van der Waals surface area (Å²) in [5, 5.41) is 3.29. The maximum atomic E-state index is 12.4. The van der Waals surface area contributed by atoms with E-state index in [1.807, 2.05) is 0 Å². The second kappa shape index (κ2) is 5.27. The van der Waals surface area contributed by atoms with Gasteiger partial charge < -0.3 is 10.1 Å². The van der Waals surface area contributed by atoms with Gasteiger partial charge in [-0.15, -0.1) is 11.6 Å². The number of amides is 1. The predicted octanol–water partition coefficient (Wildman–Crippen LogP) is 3.27. The number of hydrogen-bond donors (Lipinski definition) is 1. The number of halogens is 1. The average Bonchev–Trinajstić information content (AvgIpc) is 2.60. The lowest BCUT2D eigenvalue weighted by atomic mass is 9.62. The molecular formula is C17H26ClNO2. The van der Waals surface area contributed by atoms with Crippen molar-refractivity contribution in [3.05, 3.63) is 11.6 Å². The molecule has 1 N–H and O–H groups in total. The summed E-state index contributed by atoms with van der Waals surface area (Å²) in [6.45, 7) is 7.26. The summed E-state index contributed by atoms with van der Waals surface area (Å²) in [5.74, 6) is 1.49. The van der Waals surface area contributed by atoms with E-state index in [1.165, 1.54) is 18.4 Å². The maximum Gasteiger partial charge on any atom is 0.226 e. The third-order valence-corrected chi connectivity index (χ3v) is 6.35. The first-order chi connectivity index (χ1) is 9.94. The van der Waals surface area contributed by atoms with Gasteiger partial charge in [0.15, 0.2) is 0 Å². The predicted molar refractivity (Wildman–Crippen MR) is 84.3 cm³/mol. The molecule has 1 aliphatic carbocycles. The Kier molecular flexibility index (Phi) is 3.86. The molecule has 2 aliphatic heterocycles. The van der Waals surface area contributed by atoms with Gasteiger partial charge in [0.2, 0.25) is 5.91 Å². The van der Waals surface area contributed by atoms with E-state index in [2.05, 4.69) is 32.2 Å². The van der Waals surface area contributed by atoms with Gasteiger partial charge in [-0.3, -0.25) is 4.79 Å². The molecular weight excluding hydrogens is 286 g/mol. The molecule has 2 saturated heterocycles. The number of carbonyl (C=O) groups excluding carboxylic acids is 1. The largest absolute Gasteiger partial charge is 0.369 e. The first-order valence-corrected chi connectivity index (χ1v) is 8.70. The number of fused-ring (bicyclic) bond motifs is 1. The highest BCUT2D eigenvalue weighted by atomic mass is 35.5. The van der Waals surface area contributed by atoms with Crippen molar-refractivity contribution in [3.63, 3.8) is 0 Å². The third kappa shape index (κ3) is 2.08. The number of nitrogens with one attached hydrogen (secondary N) is 1. The molecule has 0 radical (unpaired) electrons. The Labute approximate surface area is 132 Å². The summed E-state index contributed by atoms with van der Waals surface area (Å²) in [5.41, 5.74) is 0.860. The van der Waals surface area contributed by atoms with Crippen molar-refractivity contribution in [2.75, 3.05) is 12.5 Å². The molecule has 0 saturated carbocycles. The van der Waals surface area contributed by atoms with Crippen LogP contribution in [0.4, 0.5) is 0 Å². The lowest BCUT2D eigenvalue weighted by Crippen LogP contribution is -2.73. The van der Waals surface area contributed by atoms with Gasteiger partial charge in [0, 0.05) is 11.8 Å². The second-order valence-corrected chi connectivity index (χ2v) is 7.60. The maximum absolute atomic E-state index is 12.4. The smallest absolute Gasteiger partial charge is 0.226 e. The van der Waals surface area contributed by atoms with E-state index < -0.39 is 5.60 Å². The van der Waals surface area contributed by atoms with Gasteiger partial charge in [0.05, 0.1) is 18.1 Å². The Morgan fingerprint density at radius 3 is 2.90 bits per heavy atom. The number of alkyl halides is 1. The monoisotopic (exact) mass is 311 g/mol. The van der Waals surface area contributed by atoms with Crippen LogP contribution in [0.2, 0.25) is 0 Å². The van der Waals surface area contributed by atoms with Crippen molar-refractivity contribution in [1.82, 2.24) is 5.32 Å². The normalized spacial score (nSPS) is 43.6. The Hall–Kier alpha value is -0.540. The quantitative estimate of drug-likeness (QED) is 0.639. The minimum Gasteiger partial charge on any atom is -0.369 e. The number of hydrogen-bond acceptors (Lipinski definition) is 2. The van der Waals surface area contributed by atoms with Crippen LogP contribution in [0.1, 0.15) is 46.5 Å². The van der Waals surface area contributed by atoms with E-state index >= 15 is 0 Å². The van der Waals surface area contributed by atoms with Crippen LogP contribution in [-0.4, -0.2) is 29.5 Å². The molecule has 4 heteroatoms. The molecule has 0 bridgehead atoms. The number of rotatable bonds is 4. The van der Waals surface area contributed by atoms with Crippen molar-refractivity contribution in [2.24, 2.45) is 17.8 Å². The summed E-state index contributed by atoms with van der Waals surface area (Å²) >= 11 is 5.89. The van der Waals surface area contributed by atoms with E-state index in [0.29, 0.717) is 30.7 Å². The fraction of sp³-hybridized carbons (Fsp3) is 0.824. The first-order valence-electron chi connectivity index (χ1n) is 8.17. The molecule has 1 unspecified atom stereocenters. The molecule has 5 atom stereocenters. The first kappa shape index (κ1) is 15.4. The fourth-order valence-electron chi connectivity index (χ4n) is 4.60. The molecule has 21 heavy (non-hydrogen) atoms. The molecule has 0 aromatic rings. The SMILES string of the molecule is CC1C=C([C@H](C)[C@]23CO[C@@]2(C)[C@@H](CCCl)C(=O)N3)CCC1. The van der Waals surface area contributed by atoms with Gasteiger partial charge in [-0.05, 0) is 38.5 Å². The Morgan fingerprint density at radius 1 is 1.57 bits per heavy atom. The minimum atomic E-state index is -0.403. The van der Waals surface area contributed by atoms with E-state index in [0.717, 1.165) is 6.42 Å². The van der Waals surface area contributed by atoms with Gasteiger partial charge in [-0.2, -0.15) is 0 Å². The van der Waals surface area contributed by atoms with Crippen molar-refractivity contribution in [1.29, 1.82) is 0 Å². The van der Waals surface area contributed by atoms with Crippen LogP contribution in [-0.2, 0) is 9.53 Å². The molecule has 0 aromatic heterocycles. The van der Waals surface area contributed by atoms with Gasteiger partial charge >= 0.3 is 0 Å². The van der Waals surface area contributed by atoms with E-state index in [4.69, 9.17) is 16.3 Å². The van der Waals surface area contributed by atoms with Gasteiger partial charge in [0.1, 0.15) is 5.60 Å². The lowest BCUT2D eigenvalue weighted by molar-refractivity contribution is -0.231. The highest BCUT2D eigenvalue weighted by Gasteiger charge is 2.71. The van der Waals surface area contributed by atoms with E-state index in [-0.39, 0.29) is 17.4 Å². The highest BCUT2D eigenvalue weighted by molar-refractivity contribution is 6.18. The second-order valence-electron chi connectivity index (χ2n) is 7.22. The Morgan fingerprint density at radius 2 is 2.33 bits per heavy atom. The molecule has 1 amide bonds. The lowest BCUT2D eigenvalue weighted by Gasteiger charge is -2.57. The molecule has 0 aromatic carbocycles. The summed E-state index contributed by atoms with van der Waals surface area (Å²) in [7, 11) is 0. The Bertz CT molecular complexity index is 477. The van der Waals surface area contributed by atoms with Crippen LogP contribution < -0.4 is 5.32 Å². The van der Waals surface area contributed by atoms with Crippen molar-refractivity contribution < 1.29 is 9.53 Å². The molecule has 2 fully saturated rings. The topological polar surface area (TPSA) is 38.3 Å². The molecule has 3 aliphatic rings. The standard InChI is InChI=1S/C17H26ClNO2/c1-11-5-4-6-13(9-11)12(2)17-10-21-16(17,3)14(7-8-18)15(20)19-17/h9,11-12,14H,4-8,10H2,1-3H3,(H,19,20)/t11?,12-,14-,16-,17+/m0/s1. The zero-order valence-electron chi connectivity index (χ0n) is 13.2. The van der Waals surface area contributed by atoms with Crippen LogP contribution >= 0.6 is 11.6 Å². The van der Waals surface area contributed by atoms with Gasteiger partial charge in [0.25, 0.3) is 0 Å². The average molecular weight is 312 g/mol. The van der Waals surface area contributed by atoms with E-state index in [9.17, 15) is 4.79 Å². The molecule has 0 spiro atoms. The number of ether oxygens (including phenoxy) is 1. The molecule has 118 valence electrons. The van der Waals surface area contributed by atoms with Crippen LogP contribution in [0.5, 0.6) is 0 Å². The summed E-state index contributed by atoms with van der Waals surface area (Å²) in [6, 6.07) is 0. The molecule has 3 rings (SSSR count). The van der Waals surface area contributed by atoms with Crippen LogP contribution in [0.25, 0.3) is 0 Å². The number of carbonyl (C=O) groups is 1. The zero-order valence-corrected chi connectivity index (χ0v) is 14.0. The van der Waals surface area contributed by atoms with Gasteiger partial charge in [-0.1, -0.05) is 25.5 Å². The van der Waals surface area contributed by atoms with Crippen molar-refractivity contribution in [2.45, 2.75) is 57.6 Å². The molecule has 3 nitrogen and oxygen atoms in total. The van der Waals surface area contributed by atoms with Crippen LogP contribution in [0, 0.1) is 17.8 Å². The number of allylic oxidation sites excluding steroid dienone is 1. The third-order valence-electron chi connectivity index (χ3n) is 6.13. The Balaban J connectivity index is 1.89. The summed E-state index contributed by atoms with van der Waals surface area (Å²) in [6.07, 6.45) is 6.79. The van der Waals surface area contributed by atoms with Crippen LogP contribution in [0.15, 0.2) is 11.6 Å². The summed E-state index contributed by atoms with van der Waals surface area (Å²) in [4.78, 5) is 12.4. The van der Waals surface area contributed by atoms with Gasteiger partial charge in [-0.25, -0.2) is 0 Å². The fourth-order valence-corrected chi connectivity index (χ4v) is 4.82. The summed E-state index contributed by atoms with van der Waals surface area (Å²) < 4.78 is 5.95. The zero-order chi connectivity index (χ0) is 15.3. The highest BCUT2D eigenvalue weighted by Crippen LogP contribution is 2.54. The van der Waals surface area contributed by atoms with Crippen molar-refractivity contribution in [3.8, 4) is 0 Å². The van der Waals surface area contributed by atoms with E-state index in [1.54, 1.807) is 0 Å². The van der Waals surface area contributed by atoms with Crippen molar-refractivity contribution >= 4 is 17.5 Å². The minimum absolute atomic E-state index is 0.118.